The van der Waals surface area contributed by atoms with Gasteiger partial charge in [0, 0.05) is 17.3 Å². The van der Waals surface area contributed by atoms with E-state index in [1.807, 2.05) is 11.8 Å². The molecule has 5 heteroatoms. The van der Waals surface area contributed by atoms with E-state index in [1.165, 1.54) is 25.7 Å². The highest BCUT2D eigenvalue weighted by atomic mass is 32.2. The van der Waals surface area contributed by atoms with Crippen molar-refractivity contribution >= 4 is 21.6 Å². The maximum absolute atomic E-state index is 11.6. The fraction of sp³-hybridized carbons (Fsp3) is 1.00. The highest BCUT2D eigenvalue weighted by molar-refractivity contribution is 7.99. The van der Waals surface area contributed by atoms with E-state index < -0.39 is 9.84 Å². The summed E-state index contributed by atoms with van der Waals surface area (Å²) in [6.07, 6.45) is 9.02. The molecule has 100 valence electrons. The molecule has 1 atom stereocenters. The molecule has 0 amide bonds. The lowest BCUT2D eigenvalue weighted by molar-refractivity contribution is 0.337. The van der Waals surface area contributed by atoms with Gasteiger partial charge in [-0.3, -0.25) is 0 Å². The lowest BCUT2D eigenvalue weighted by Crippen LogP contribution is -2.46. The molecule has 0 spiro atoms. The molecule has 1 saturated carbocycles. The molecule has 0 aromatic carbocycles. The van der Waals surface area contributed by atoms with Crippen molar-refractivity contribution in [2.75, 3.05) is 17.8 Å². The number of rotatable bonds is 3. The molecule has 3 nitrogen and oxygen atoms in total. The molecule has 17 heavy (non-hydrogen) atoms. The average Bonchev–Trinajstić information content (AvgIpc) is 2.29. The van der Waals surface area contributed by atoms with Crippen LogP contribution in [0, 0.1) is 0 Å². The standard InChI is InChI=1S/C12H23NO2S2/c1-16-12-6-4-10(5-7-12)13-11-3-2-8-17(14,15)9-11/h10-13H,2-9H2,1H3. The summed E-state index contributed by atoms with van der Waals surface area (Å²) < 4.78 is 23.1. The average molecular weight is 277 g/mol. The van der Waals surface area contributed by atoms with Crippen LogP contribution >= 0.6 is 11.8 Å². The van der Waals surface area contributed by atoms with Crippen LogP contribution in [-0.2, 0) is 9.84 Å². The third-order valence-corrected chi connectivity index (χ3v) is 6.90. The number of hydrogen-bond acceptors (Lipinski definition) is 4. The molecule has 2 fully saturated rings. The monoisotopic (exact) mass is 277 g/mol. The Balaban J connectivity index is 1.78. The Morgan fingerprint density at radius 3 is 2.35 bits per heavy atom. The van der Waals surface area contributed by atoms with E-state index in [0.717, 1.165) is 18.1 Å². The molecule has 1 unspecified atom stereocenters. The van der Waals surface area contributed by atoms with Crippen LogP contribution in [0.25, 0.3) is 0 Å². The second kappa shape index (κ2) is 5.93. The molecular formula is C12H23NO2S2. The molecule has 1 N–H and O–H groups in total. The van der Waals surface area contributed by atoms with Gasteiger partial charge >= 0.3 is 0 Å². The Hall–Kier alpha value is 0.260. The zero-order valence-corrected chi connectivity index (χ0v) is 12.2. The quantitative estimate of drug-likeness (QED) is 0.855. The Kier molecular flexibility index (Phi) is 4.78. The highest BCUT2D eigenvalue weighted by Crippen LogP contribution is 2.27. The Morgan fingerprint density at radius 1 is 1.06 bits per heavy atom. The van der Waals surface area contributed by atoms with Crippen LogP contribution in [0.2, 0.25) is 0 Å². The third kappa shape index (κ3) is 4.14. The largest absolute Gasteiger partial charge is 0.310 e. The van der Waals surface area contributed by atoms with Crippen molar-refractivity contribution in [2.24, 2.45) is 0 Å². The van der Waals surface area contributed by atoms with E-state index in [2.05, 4.69) is 11.6 Å². The van der Waals surface area contributed by atoms with Crippen LogP contribution in [0.3, 0.4) is 0 Å². The summed E-state index contributed by atoms with van der Waals surface area (Å²) in [7, 11) is -2.76. The second-order valence-electron chi connectivity index (χ2n) is 5.33. The molecule has 1 aliphatic heterocycles. The van der Waals surface area contributed by atoms with Crippen molar-refractivity contribution in [1.29, 1.82) is 0 Å². The van der Waals surface area contributed by atoms with Crippen LogP contribution in [-0.4, -0.2) is 43.5 Å². The van der Waals surface area contributed by atoms with Crippen molar-refractivity contribution in [1.82, 2.24) is 5.32 Å². The topological polar surface area (TPSA) is 46.2 Å². The lowest BCUT2D eigenvalue weighted by Gasteiger charge is -2.33. The summed E-state index contributed by atoms with van der Waals surface area (Å²) in [6, 6.07) is 0.765. The van der Waals surface area contributed by atoms with Crippen LogP contribution in [0.4, 0.5) is 0 Å². The van der Waals surface area contributed by atoms with Crippen molar-refractivity contribution < 1.29 is 8.42 Å². The first-order valence-corrected chi connectivity index (χ1v) is 9.69. The SMILES string of the molecule is CSC1CCC(NC2CCCS(=O)(=O)C2)CC1. The summed E-state index contributed by atoms with van der Waals surface area (Å²) in [6.45, 7) is 0. The Morgan fingerprint density at radius 2 is 1.76 bits per heavy atom. The smallest absolute Gasteiger partial charge is 0.151 e. The second-order valence-corrected chi connectivity index (χ2v) is 8.70. The molecule has 0 bridgehead atoms. The first-order valence-electron chi connectivity index (χ1n) is 6.58. The predicted octanol–water partition coefficient (Wildman–Crippen LogP) is 1.83. The van der Waals surface area contributed by atoms with Gasteiger partial charge in [0.1, 0.15) is 0 Å². The summed E-state index contributed by atoms with van der Waals surface area (Å²) in [5.41, 5.74) is 0. The minimum atomic E-state index is -2.76. The number of thioether (sulfide) groups is 1. The lowest BCUT2D eigenvalue weighted by atomic mass is 9.94. The summed E-state index contributed by atoms with van der Waals surface area (Å²) in [4.78, 5) is 0. The molecule has 0 aromatic rings. The summed E-state index contributed by atoms with van der Waals surface area (Å²) in [5, 5.41) is 4.39. The van der Waals surface area contributed by atoms with Gasteiger partial charge in [-0.2, -0.15) is 11.8 Å². The van der Waals surface area contributed by atoms with Gasteiger partial charge in [-0.1, -0.05) is 0 Å². The van der Waals surface area contributed by atoms with E-state index in [1.54, 1.807) is 0 Å². The minimum Gasteiger partial charge on any atom is -0.310 e. The molecule has 2 aliphatic rings. The van der Waals surface area contributed by atoms with Crippen LogP contribution in [0.15, 0.2) is 0 Å². The summed E-state index contributed by atoms with van der Waals surface area (Å²) in [5.74, 6) is 0.750. The molecule has 1 heterocycles. The summed E-state index contributed by atoms with van der Waals surface area (Å²) >= 11 is 1.97. The molecule has 2 rings (SSSR count). The minimum absolute atomic E-state index is 0.213. The van der Waals surface area contributed by atoms with Gasteiger partial charge < -0.3 is 5.32 Å². The maximum Gasteiger partial charge on any atom is 0.151 e. The number of sulfone groups is 1. The van der Waals surface area contributed by atoms with Crippen LogP contribution in [0.5, 0.6) is 0 Å². The van der Waals surface area contributed by atoms with Crippen molar-refractivity contribution in [3.8, 4) is 0 Å². The van der Waals surface area contributed by atoms with E-state index in [4.69, 9.17) is 0 Å². The normalized spacial score (nSPS) is 37.8. The first-order chi connectivity index (χ1) is 8.09. The molecular weight excluding hydrogens is 254 g/mol. The van der Waals surface area contributed by atoms with E-state index in [-0.39, 0.29) is 6.04 Å². The van der Waals surface area contributed by atoms with Crippen molar-refractivity contribution in [2.45, 2.75) is 55.9 Å². The van der Waals surface area contributed by atoms with Crippen LogP contribution < -0.4 is 5.32 Å². The Bertz CT molecular complexity index is 334. The highest BCUT2D eigenvalue weighted by Gasteiger charge is 2.28. The zero-order valence-electron chi connectivity index (χ0n) is 10.5. The molecule has 0 aromatic heterocycles. The fourth-order valence-electron chi connectivity index (χ4n) is 2.95. The van der Waals surface area contributed by atoms with Gasteiger partial charge in [0.05, 0.1) is 11.5 Å². The number of hydrogen-bond donors (Lipinski definition) is 1. The molecule has 1 saturated heterocycles. The van der Waals surface area contributed by atoms with E-state index >= 15 is 0 Å². The maximum atomic E-state index is 11.6. The van der Waals surface area contributed by atoms with Gasteiger partial charge in [-0.05, 0) is 44.8 Å². The van der Waals surface area contributed by atoms with Gasteiger partial charge in [0.15, 0.2) is 9.84 Å². The molecule has 0 radical (unpaired) electrons. The van der Waals surface area contributed by atoms with Gasteiger partial charge in [0.2, 0.25) is 0 Å². The fourth-order valence-corrected chi connectivity index (χ4v) is 5.35. The van der Waals surface area contributed by atoms with Gasteiger partial charge in [0.25, 0.3) is 0 Å². The Labute approximate surface area is 109 Å². The first kappa shape index (κ1) is 13.7. The van der Waals surface area contributed by atoms with Gasteiger partial charge in [-0.15, -0.1) is 0 Å². The van der Waals surface area contributed by atoms with E-state index in [9.17, 15) is 8.42 Å². The number of nitrogens with one attached hydrogen (secondary N) is 1. The van der Waals surface area contributed by atoms with Crippen molar-refractivity contribution in [3.63, 3.8) is 0 Å². The van der Waals surface area contributed by atoms with Crippen LogP contribution in [0.1, 0.15) is 38.5 Å². The van der Waals surface area contributed by atoms with Gasteiger partial charge in [-0.25, -0.2) is 8.42 Å². The predicted molar refractivity (Wildman–Crippen MR) is 74.4 cm³/mol. The van der Waals surface area contributed by atoms with Crippen molar-refractivity contribution in [3.05, 3.63) is 0 Å². The third-order valence-electron chi connectivity index (χ3n) is 3.94. The van der Waals surface area contributed by atoms with E-state index in [0.29, 0.717) is 17.5 Å². The zero-order chi connectivity index (χ0) is 12.3. The molecule has 1 aliphatic carbocycles.